The van der Waals surface area contributed by atoms with Crippen LogP contribution in [-0.2, 0) is 0 Å². The second kappa shape index (κ2) is 5.03. The molecule has 0 saturated heterocycles. The van der Waals surface area contributed by atoms with E-state index in [4.69, 9.17) is 16.3 Å². The van der Waals surface area contributed by atoms with Gasteiger partial charge in [-0.15, -0.1) is 11.3 Å². The second-order valence-corrected chi connectivity index (χ2v) is 5.37. The van der Waals surface area contributed by atoms with Crippen molar-refractivity contribution in [1.82, 2.24) is 0 Å². The Balaban J connectivity index is 1.96. The molecule has 2 aromatic carbocycles. The molecule has 0 aliphatic rings. The van der Waals surface area contributed by atoms with Crippen molar-refractivity contribution in [3.8, 4) is 5.75 Å². The largest absolute Gasteiger partial charge is 0.422 e. The number of esters is 1. The molecule has 0 bridgehead atoms. The van der Waals surface area contributed by atoms with Gasteiger partial charge in [-0.05, 0) is 18.2 Å². The third kappa shape index (κ3) is 2.35. The molecule has 0 N–H and O–H groups in total. The first-order valence-electron chi connectivity index (χ1n) is 5.70. The molecule has 1 heterocycles. The maximum absolute atomic E-state index is 12.1. The van der Waals surface area contributed by atoms with Crippen LogP contribution in [0.1, 0.15) is 9.67 Å². The molecule has 0 aliphatic carbocycles. The highest BCUT2D eigenvalue weighted by atomic mass is 35.5. The molecule has 1 aromatic heterocycles. The molecule has 0 amide bonds. The average Bonchev–Trinajstić information content (AvgIpc) is 2.78. The number of benzene rings is 2. The van der Waals surface area contributed by atoms with Gasteiger partial charge in [-0.3, -0.25) is 0 Å². The van der Waals surface area contributed by atoms with Crippen LogP contribution in [0.25, 0.3) is 10.1 Å². The van der Waals surface area contributed by atoms with Crippen molar-refractivity contribution in [2.24, 2.45) is 0 Å². The maximum atomic E-state index is 12.1. The number of para-hydroxylation sites is 1. The van der Waals surface area contributed by atoms with Crippen LogP contribution in [0.2, 0.25) is 5.02 Å². The number of ether oxygens (including phenoxy) is 1. The lowest BCUT2D eigenvalue weighted by molar-refractivity contribution is 0.0740. The van der Waals surface area contributed by atoms with E-state index in [1.165, 1.54) is 11.3 Å². The molecule has 3 aromatic rings. The van der Waals surface area contributed by atoms with Gasteiger partial charge < -0.3 is 4.74 Å². The molecule has 94 valence electrons. The van der Waals surface area contributed by atoms with E-state index in [2.05, 4.69) is 0 Å². The van der Waals surface area contributed by atoms with Crippen LogP contribution >= 0.6 is 22.9 Å². The summed E-state index contributed by atoms with van der Waals surface area (Å²) in [5.74, 6) is 0.0958. The zero-order valence-corrected chi connectivity index (χ0v) is 11.4. The van der Waals surface area contributed by atoms with Gasteiger partial charge in [0.1, 0.15) is 10.6 Å². The van der Waals surface area contributed by atoms with Gasteiger partial charge in [-0.1, -0.05) is 48.0 Å². The molecule has 0 saturated carbocycles. The minimum Gasteiger partial charge on any atom is -0.422 e. The van der Waals surface area contributed by atoms with E-state index < -0.39 is 5.97 Å². The topological polar surface area (TPSA) is 26.3 Å². The summed E-state index contributed by atoms with van der Waals surface area (Å²) >= 11 is 7.57. The van der Waals surface area contributed by atoms with Crippen LogP contribution in [0.15, 0.2) is 54.6 Å². The molecule has 0 spiro atoms. The van der Waals surface area contributed by atoms with E-state index in [0.717, 1.165) is 10.1 Å². The van der Waals surface area contributed by atoms with E-state index in [1.807, 2.05) is 42.5 Å². The normalized spacial score (nSPS) is 10.6. The third-order valence-electron chi connectivity index (χ3n) is 2.67. The Kier molecular flexibility index (Phi) is 3.23. The number of fused-ring (bicyclic) bond motifs is 1. The minimum absolute atomic E-state index is 0.419. The fraction of sp³-hybridized carbons (Fsp3) is 0. The van der Waals surface area contributed by atoms with E-state index in [0.29, 0.717) is 15.6 Å². The van der Waals surface area contributed by atoms with Gasteiger partial charge in [-0.25, -0.2) is 4.79 Å². The Bertz CT molecular complexity index is 734. The first-order chi connectivity index (χ1) is 9.25. The van der Waals surface area contributed by atoms with Crippen LogP contribution in [0.4, 0.5) is 0 Å². The summed E-state index contributed by atoms with van der Waals surface area (Å²) in [6.07, 6.45) is 0. The summed E-state index contributed by atoms with van der Waals surface area (Å²) in [6.45, 7) is 0. The van der Waals surface area contributed by atoms with Crippen molar-refractivity contribution in [2.75, 3.05) is 0 Å². The number of thiophene rings is 1. The molecule has 0 aliphatic heterocycles. The van der Waals surface area contributed by atoms with Crippen LogP contribution in [-0.4, -0.2) is 5.97 Å². The van der Waals surface area contributed by atoms with Gasteiger partial charge in [0.25, 0.3) is 0 Å². The molecular weight excluding hydrogens is 280 g/mol. The summed E-state index contributed by atoms with van der Waals surface area (Å²) in [5.41, 5.74) is 0. The van der Waals surface area contributed by atoms with Crippen LogP contribution in [0.5, 0.6) is 5.75 Å². The predicted octanol–water partition coefficient (Wildman–Crippen LogP) is 4.77. The lowest BCUT2D eigenvalue weighted by Crippen LogP contribution is -2.06. The summed E-state index contributed by atoms with van der Waals surface area (Å²) < 4.78 is 6.28. The number of halogens is 1. The van der Waals surface area contributed by atoms with Gasteiger partial charge in [0.2, 0.25) is 0 Å². The molecule has 4 heteroatoms. The smallest absolute Gasteiger partial charge is 0.355 e. The fourth-order valence-electron chi connectivity index (χ4n) is 1.79. The monoisotopic (exact) mass is 288 g/mol. The van der Waals surface area contributed by atoms with Crippen LogP contribution in [0.3, 0.4) is 0 Å². The van der Waals surface area contributed by atoms with Gasteiger partial charge >= 0.3 is 5.97 Å². The summed E-state index contributed by atoms with van der Waals surface area (Å²) in [4.78, 5) is 12.5. The van der Waals surface area contributed by atoms with Crippen LogP contribution < -0.4 is 4.74 Å². The molecule has 2 nitrogen and oxygen atoms in total. The fourth-order valence-corrected chi connectivity index (χ4v) is 3.17. The van der Waals surface area contributed by atoms with Gasteiger partial charge in [0, 0.05) is 10.1 Å². The Hall–Kier alpha value is -1.84. The Morgan fingerprint density at radius 3 is 2.42 bits per heavy atom. The van der Waals surface area contributed by atoms with E-state index in [-0.39, 0.29) is 0 Å². The van der Waals surface area contributed by atoms with Crippen molar-refractivity contribution < 1.29 is 9.53 Å². The van der Waals surface area contributed by atoms with Crippen molar-refractivity contribution in [3.63, 3.8) is 0 Å². The number of hydrogen-bond donors (Lipinski definition) is 0. The highest BCUT2D eigenvalue weighted by Gasteiger charge is 2.18. The van der Waals surface area contributed by atoms with Crippen molar-refractivity contribution in [3.05, 3.63) is 64.5 Å². The SMILES string of the molecule is O=C(Oc1ccccc1)c1sc2ccccc2c1Cl. The number of carbonyl (C=O) groups excluding carboxylic acids is 1. The van der Waals surface area contributed by atoms with Crippen molar-refractivity contribution in [2.45, 2.75) is 0 Å². The second-order valence-electron chi connectivity index (χ2n) is 3.94. The summed E-state index contributed by atoms with van der Waals surface area (Å²) in [5, 5.41) is 1.34. The highest BCUT2D eigenvalue weighted by molar-refractivity contribution is 7.21. The zero-order valence-electron chi connectivity index (χ0n) is 9.80. The predicted molar refractivity (Wildman–Crippen MR) is 78.2 cm³/mol. The number of hydrogen-bond acceptors (Lipinski definition) is 3. The Morgan fingerprint density at radius 1 is 1.00 bits per heavy atom. The van der Waals surface area contributed by atoms with E-state index >= 15 is 0 Å². The first-order valence-corrected chi connectivity index (χ1v) is 6.89. The summed E-state index contributed by atoms with van der Waals surface area (Å²) in [6, 6.07) is 16.6. The van der Waals surface area contributed by atoms with Crippen LogP contribution in [0, 0.1) is 0 Å². The Labute approximate surface area is 119 Å². The minimum atomic E-state index is -0.419. The Morgan fingerprint density at radius 2 is 1.68 bits per heavy atom. The highest BCUT2D eigenvalue weighted by Crippen LogP contribution is 2.35. The molecule has 0 atom stereocenters. The van der Waals surface area contributed by atoms with E-state index in [1.54, 1.807) is 12.1 Å². The first kappa shape index (κ1) is 12.2. The lowest BCUT2D eigenvalue weighted by atomic mass is 10.2. The molecule has 3 rings (SSSR count). The molecule has 19 heavy (non-hydrogen) atoms. The summed E-state index contributed by atoms with van der Waals surface area (Å²) in [7, 11) is 0. The van der Waals surface area contributed by atoms with Crippen molar-refractivity contribution >= 4 is 39.0 Å². The number of carbonyl (C=O) groups is 1. The standard InChI is InChI=1S/C15H9ClO2S/c16-13-11-8-4-5-9-12(11)19-14(13)15(17)18-10-6-2-1-3-7-10/h1-9H. The molecular formula is C15H9ClO2S. The average molecular weight is 289 g/mol. The lowest BCUT2D eigenvalue weighted by Gasteiger charge is -2.02. The zero-order chi connectivity index (χ0) is 13.2. The molecule has 0 unspecified atom stereocenters. The molecule has 0 radical (unpaired) electrons. The van der Waals surface area contributed by atoms with Gasteiger partial charge in [0.05, 0.1) is 5.02 Å². The number of rotatable bonds is 2. The third-order valence-corrected chi connectivity index (χ3v) is 4.33. The quantitative estimate of drug-likeness (QED) is 0.501. The van der Waals surface area contributed by atoms with E-state index in [9.17, 15) is 4.79 Å². The van der Waals surface area contributed by atoms with Gasteiger partial charge in [0.15, 0.2) is 0 Å². The van der Waals surface area contributed by atoms with Gasteiger partial charge in [-0.2, -0.15) is 0 Å². The molecule has 0 fully saturated rings. The van der Waals surface area contributed by atoms with Crippen molar-refractivity contribution in [1.29, 1.82) is 0 Å². The maximum Gasteiger partial charge on any atom is 0.355 e.